The topological polar surface area (TPSA) is 57.4 Å². The first-order valence-corrected chi connectivity index (χ1v) is 24.5. The molecule has 0 aliphatic carbocycles. The Labute approximate surface area is 426 Å². The third-order valence-electron chi connectivity index (χ3n) is 14.4. The van der Waals surface area contributed by atoms with Crippen molar-refractivity contribution in [2.75, 3.05) is 0 Å². The first kappa shape index (κ1) is 45.7. The highest BCUT2D eigenvalue weighted by molar-refractivity contribution is 6.13. The number of halogens is 3. The molecule has 354 valence electrons. The van der Waals surface area contributed by atoms with Crippen LogP contribution in [0.25, 0.3) is 111 Å². The van der Waals surface area contributed by atoms with Gasteiger partial charge in [-0.2, -0.15) is 23.7 Å². The van der Waals surface area contributed by atoms with E-state index in [0.717, 1.165) is 123 Å². The summed E-state index contributed by atoms with van der Waals surface area (Å²) in [7, 11) is 0. The molecule has 0 amide bonds. The molecule has 0 radical (unpaired) electrons. The summed E-state index contributed by atoms with van der Waals surface area (Å²) in [5.74, 6) is 0. The highest BCUT2D eigenvalue weighted by Gasteiger charge is 2.32. The number of hydrogen-bond acceptors (Lipinski definition) is 2. The van der Waals surface area contributed by atoms with Crippen molar-refractivity contribution in [2.45, 2.75) is 33.9 Å². The Morgan fingerprint density at radius 1 is 0.338 bits per heavy atom. The van der Waals surface area contributed by atoms with E-state index in [0.29, 0.717) is 22.5 Å². The van der Waals surface area contributed by atoms with E-state index < -0.39 is 11.7 Å². The van der Waals surface area contributed by atoms with Crippen LogP contribution in [0, 0.1) is 50.4 Å². The smallest absolute Gasteiger partial charge is 0.308 e. The summed E-state index contributed by atoms with van der Waals surface area (Å²) >= 11 is 0. The van der Waals surface area contributed by atoms with Crippen LogP contribution in [0.5, 0.6) is 0 Å². The Hall–Kier alpha value is -9.43. The van der Waals surface area contributed by atoms with Crippen molar-refractivity contribution >= 4 is 43.6 Å². The zero-order valence-corrected chi connectivity index (χ0v) is 41.0. The third kappa shape index (κ3) is 7.96. The lowest BCUT2D eigenvalue weighted by Gasteiger charge is -2.20. The van der Waals surface area contributed by atoms with E-state index in [-0.39, 0.29) is 11.1 Å². The van der Waals surface area contributed by atoms with Crippen molar-refractivity contribution in [1.29, 1.82) is 10.5 Å². The lowest BCUT2D eigenvalue weighted by Crippen LogP contribution is -2.07. The molecule has 12 rings (SSSR count). The van der Waals surface area contributed by atoms with E-state index in [1.54, 1.807) is 0 Å². The molecule has 4 nitrogen and oxygen atoms in total. The summed E-state index contributed by atoms with van der Waals surface area (Å²) in [6, 6.07) is 70.6. The van der Waals surface area contributed by atoms with Gasteiger partial charge in [-0.25, -0.2) is 0 Å². The number of aromatic nitrogens is 2. The van der Waals surface area contributed by atoms with E-state index >= 15 is 0 Å². The van der Waals surface area contributed by atoms with Gasteiger partial charge in [0.25, 0.3) is 0 Å². The summed E-state index contributed by atoms with van der Waals surface area (Å²) in [5, 5.41) is 26.0. The summed E-state index contributed by atoms with van der Waals surface area (Å²) in [6.07, 6.45) is -4.74. The fourth-order valence-corrected chi connectivity index (χ4v) is 10.8. The highest BCUT2D eigenvalue weighted by atomic mass is 19.4. The van der Waals surface area contributed by atoms with E-state index in [9.17, 15) is 23.7 Å². The van der Waals surface area contributed by atoms with Crippen LogP contribution in [0.1, 0.15) is 38.9 Å². The van der Waals surface area contributed by atoms with Crippen LogP contribution in [0.4, 0.5) is 13.2 Å². The summed E-state index contributed by atoms with van der Waals surface area (Å²) in [4.78, 5) is 0. The Morgan fingerprint density at radius 2 is 0.662 bits per heavy atom. The fourth-order valence-electron chi connectivity index (χ4n) is 10.8. The van der Waals surface area contributed by atoms with Crippen molar-refractivity contribution in [2.24, 2.45) is 0 Å². The van der Waals surface area contributed by atoms with Gasteiger partial charge >= 0.3 is 6.18 Å². The maximum Gasteiger partial charge on any atom is 0.416 e. The number of benzene rings is 10. The Bertz CT molecular complexity index is 3940. The average molecular weight is 963 g/mol. The van der Waals surface area contributed by atoms with Gasteiger partial charge in [0.2, 0.25) is 0 Å². The minimum Gasteiger partial charge on any atom is -0.308 e. The Balaban J connectivity index is 1.26. The van der Waals surface area contributed by atoms with Gasteiger partial charge in [-0.3, -0.25) is 0 Å². The molecule has 0 unspecified atom stereocenters. The van der Waals surface area contributed by atoms with Gasteiger partial charge in [-0.1, -0.05) is 168 Å². The maximum absolute atomic E-state index is 14.9. The molecule has 0 saturated heterocycles. The second kappa shape index (κ2) is 17.7. The zero-order chi connectivity index (χ0) is 51.0. The van der Waals surface area contributed by atoms with Crippen LogP contribution < -0.4 is 0 Å². The lowest BCUT2D eigenvalue weighted by atomic mass is 9.96. The van der Waals surface area contributed by atoms with Crippen molar-refractivity contribution < 1.29 is 13.2 Å². The van der Waals surface area contributed by atoms with Crippen molar-refractivity contribution in [1.82, 2.24) is 9.13 Å². The number of rotatable bonds is 7. The maximum atomic E-state index is 14.9. The molecule has 0 spiro atoms. The van der Waals surface area contributed by atoms with Gasteiger partial charge in [0, 0.05) is 21.5 Å². The van der Waals surface area contributed by atoms with E-state index in [4.69, 9.17) is 0 Å². The fraction of sp³-hybridized carbons (Fsp3) is 0.0746. The van der Waals surface area contributed by atoms with Crippen LogP contribution in [-0.4, -0.2) is 9.13 Å². The van der Waals surface area contributed by atoms with Crippen molar-refractivity contribution in [3.8, 4) is 79.1 Å². The van der Waals surface area contributed by atoms with E-state index in [1.165, 1.54) is 6.07 Å². The zero-order valence-electron chi connectivity index (χ0n) is 41.0. The normalized spacial score (nSPS) is 11.7. The molecule has 0 aliphatic heterocycles. The van der Waals surface area contributed by atoms with Gasteiger partial charge in [0.1, 0.15) is 11.6 Å². The molecule has 2 heterocycles. The molecule has 10 aromatic carbocycles. The highest BCUT2D eigenvalue weighted by Crippen LogP contribution is 2.44. The minimum absolute atomic E-state index is 0.132. The molecule has 0 N–H and O–H groups in total. The largest absolute Gasteiger partial charge is 0.416 e. The predicted molar refractivity (Wildman–Crippen MR) is 296 cm³/mol. The van der Waals surface area contributed by atoms with Gasteiger partial charge in [0.15, 0.2) is 0 Å². The average Bonchev–Trinajstić information content (AvgIpc) is 3.92. The number of fused-ring (bicyclic) bond motifs is 6. The van der Waals surface area contributed by atoms with Gasteiger partial charge in [0.05, 0.1) is 50.6 Å². The first-order valence-electron chi connectivity index (χ1n) is 24.5. The number of nitrogens with zero attached hydrogens (tertiary/aromatic N) is 4. The van der Waals surface area contributed by atoms with Crippen LogP contribution in [0.2, 0.25) is 0 Å². The van der Waals surface area contributed by atoms with Gasteiger partial charge in [-0.15, -0.1) is 0 Å². The quantitative estimate of drug-likeness (QED) is 0.160. The molecule has 0 saturated carbocycles. The molecule has 0 fully saturated rings. The van der Waals surface area contributed by atoms with Gasteiger partial charge in [-0.05, 0) is 138 Å². The first-order chi connectivity index (χ1) is 35.8. The second-order valence-electron chi connectivity index (χ2n) is 19.5. The summed E-state index contributed by atoms with van der Waals surface area (Å²) in [5.41, 5.74) is 16.4. The molecule has 7 heteroatoms. The molecular formula is C67H45F3N4. The summed E-state index contributed by atoms with van der Waals surface area (Å²) in [6.45, 7) is 8.25. The number of alkyl halides is 3. The standard InChI is InChI=1S/C67H45F3N4/c1-40-9-5-13-45(25-40)49-17-21-56-57-22-18-50(46-14-6-10-41(2)26-46)33-62(57)73(61(56)32-49)65-36-54(53-29-44(38-71)30-55(31-53)67(68,69)70)37-66(60(65)39-72)74-63-34-51(47-15-7-11-42(3)27-47)19-23-58(63)59-24-20-52(35-64(59)74)48-16-8-12-43(4)28-48/h5-37H,1-4H3. The molecular weight excluding hydrogens is 918 g/mol. The van der Waals surface area contributed by atoms with Crippen molar-refractivity contribution in [3.63, 3.8) is 0 Å². The molecule has 74 heavy (non-hydrogen) atoms. The predicted octanol–water partition coefficient (Wildman–Crippen LogP) is 18.2. The molecule has 0 atom stereocenters. The number of aryl methyl sites for hydroxylation is 4. The molecule has 12 aromatic rings. The van der Waals surface area contributed by atoms with E-state index in [2.05, 4.69) is 188 Å². The Kier molecular flexibility index (Phi) is 10.9. The molecule has 0 bridgehead atoms. The van der Waals surface area contributed by atoms with Crippen LogP contribution in [0.3, 0.4) is 0 Å². The SMILES string of the molecule is Cc1cccc(-c2ccc3c4ccc(-c5cccc(C)c5)cc4n(-c4cc(-c5cc(C#N)cc(C(F)(F)F)c5)cc(-n5c6cc(-c7cccc(C)c7)ccc6c6ccc(-c7cccc(C)c7)cc65)c4C#N)c3c2)c1. The second-order valence-corrected chi connectivity index (χ2v) is 19.5. The summed E-state index contributed by atoms with van der Waals surface area (Å²) < 4.78 is 48.8. The van der Waals surface area contributed by atoms with Crippen LogP contribution in [-0.2, 0) is 6.18 Å². The lowest BCUT2D eigenvalue weighted by molar-refractivity contribution is -0.137. The van der Waals surface area contributed by atoms with Crippen LogP contribution in [0.15, 0.2) is 200 Å². The third-order valence-corrected chi connectivity index (χ3v) is 14.4. The number of hydrogen-bond donors (Lipinski definition) is 0. The monoisotopic (exact) mass is 962 g/mol. The van der Waals surface area contributed by atoms with E-state index in [1.807, 2.05) is 42.5 Å². The molecule has 2 aromatic heterocycles. The Morgan fingerprint density at radius 3 is 0.959 bits per heavy atom. The number of nitriles is 2. The van der Waals surface area contributed by atoms with Crippen LogP contribution >= 0.6 is 0 Å². The molecule has 0 aliphatic rings. The minimum atomic E-state index is -4.74. The van der Waals surface area contributed by atoms with Crippen molar-refractivity contribution in [3.05, 3.63) is 239 Å². The van der Waals surface area contributed by atoms with Gasteiger partial charge < -0.3 is 9.13 Å².